The smallest absolute Gasteiger partial charge is 0.259 e. The van der Waals surface area contributed by atoms with Crippen LogP contribution in [0.3, 0.4) is 0 Å². The van der Waals surface area contributed by atoms with Crippen LogP contribution in [0.25, 0.3) is 0 Å². The zero-order chi connectivity index (χ0) is 19.8. The van der Waals surface area contributed by atoms with Crippen molar-refractivity contribution in [1.29, 1.82) is 0 Å². The van der Waals surface area contributed by atoms with Gasteiger partial charge in [-0.05, 0) is 29.7 Å². The summed E-state index contributed by atoms with van der Waals surface area (Å²) >= 11 is 0. The largest absolute Gasteiger partial charge is 0.321 e. The summed E-state index contributed by atoms with van der Waals surface area (Å²) in [5, 5.41) is 8.09. The maximum atomic E-state index is 12.9. The van der Waals surface area contributed by atoms with Crippen LogP contribution < -0.4 is 4.90 Å². The fraction of sp³-hybridized carbons (Fsp3) is 0.286. The van der Waals surface area contributed by atoms with Gasteiger partial charge in [-0.3, -0.25) is 14.6 Å². The van der Waals surface area contributed by atoms with Crippen molar-refractivity contribution in [3.8, 4) is 0 Å². The van der Waals surface area contributed by atoms with Gasteiger partial charge in [0.15, 0.2) is 5.78 Å². The molecular formula is C21H21N5O2. The van der Waals surface area contributed by atoms with E-state index < -0.39 is 0 Å². The van der Waals surface area contributed by atoms with Gasteiger partial charge in [0.25, 0.3) is 5.91 Å². The summed E-state index contributed by atoms with van der Waals surface area (Å²) in [4.78, 5) is 30.7. The molecule has 0 saturated carbocycles. The fourth-order valence-electron chi connectivity index (χ4n) is 3.62. The molecule has 28 heavy (non-hydrogen) atoms. The number of amides is 1. The molecule has 3 aromatic rings. The molecule has 0 radical (unpaired) electrons. The number of ketones is 1. The average molecular weight is 375 g/mol. The molecule has 1 aliphatic rings. The van der Waals surface area contributed by atoms with Gasteiger partial charge in [-0.1, -0.05) is 19.1 Å². The third-order valence-electron chi connectivity index (χ3n) is 5.23. The molecule has 0 aliphatic carbocycles. The molecule has 1 atom stereocenters. The minimum absolute atomic E-state index is 0.0991. The standard InChI is InChI=1S/C21H21N5O2/c1-13(9-19-24-23-12-25(19)3)15-5-4-6-16(10-15)26-11-18-17(21(26)28)7-8-22-20(18)14(2)27/h4-8,10,12-13H,9,11H2,1-3H3. The summed E-state index contributed by atoms with van der Waals surface area (Å²) in [6.45, 7) is 3.97. The number of benzene rings is 1. The van der Waals surface area contributed by atoms with E-state index in [9.17, 15) is 9.59 Å². The first-order valence-electron chi connectivity index (χ1n) is 9.19. The van der Waals surface area contributed by atoms with Crippen molar-refractivity contribution in [3.63, 3.8) is 0 Å². The normalized spacial score (nSPS) is 14.2. The van der Waals surface area contributed by atoms with Crippen molar-refractivity contribution >= 4 is 17.4 Å². The maximum Gasteiger partial charge on any atom is 0.259 e. The van der Waals surface area contributed by atoms with Crippen LogP contribution in [0.5, 0.6) is 0 Å². The molecule has 4 rings (SSSR count). The Morgan fingerprint density at radius 2 is 2.11 bits per heavy atom. The van der Waals surface area contributed by atoms with E-state index in [4.69, 9.17) is 0 Å². The predicted molar refractivity (Wildman–Crippen MR) is 104 cm³/mol. The van der Waals surface area contributed by atoms with Gasteiger partial charge in [0.05, 0.1) is 6.54 Å². The third kappa shape index (κ3) is 3.09. The van der Waals surface area contributed by atoms with Crippen LogP contribution in [-0.4, -0.2) is 31.4 Å². The van der Waals surface area contributed by atoms with Gasteiger partial charge in [0.1, 0.15) is 17.8 Å². The van der Waals surface area contributed by atoms with E-state index >= 15 is 0 Å². The number of pyridine rings is 1. The Morgan fingerprint density at radius 3 is 2.82 bits per heavy atom. The molecule has 0 fully saturated rings. The minimum Gasteiger partial charge on any atom is -0.321 e. The minimum atomic E-state index is -0.127. The summed E-state index contributed by atoms with van der Waals surface area (Å²) in [7, 11) is 1.93. The number of hydrogen-bond donors (Lipinski definition) is 0. The number of fused-ring (bicyclic) bond motifs is 1. The second-order valence-electron chi connectivity index (χ2n) is 7.19. The summed E-state index contributed by atoms with van der Waals surface area (Å²) in [5.41, 5.74) is 3.57. The fourth-order valence-corrected chi connectivity index (χ4v) is 3.62. The van der Waals surface area contributed by atoms with Crippen molar-refractivity contribution in [1.82, 2.24) is 19.7 Å². The van der Waals surface area contributed by atoms with E-state index in [0.29, 0.717) is 23.4 Å². The van der Waals surface area contributed by atoms with Crippen molar-refractivity contribution in [3.05, 3.63) is 71.1 Å². The lowest BCUT2D eigenvalue weighted by molar-refractivity contribution is 0.0994. The number of Topliss-reactive ketones (excluding diaryl/α,β-unsaturated/α-hetero) is 1. The number of rotatable bonds is 5. The van der Waals surface area contributed by atoms with Crippen LogP contribution in [-0.2, 0) is 20.0 Å². The van der Waals surface area contributed by atoms with E-state index in [1.54, 1.807) is 17.3 Å². The maximum absolute atomic E-state index is 12.9. The van der Waals surface area contributed by atoms with Gasteiger partial charge in [-0.2, -0.15) is 0 Å². The molecule has 0 saturated heterocycles. The molecule has 1 aromatic carbocycles. The summed E-state index contributed by atoms with van der Waals surface area (Å²) in [5.74, 6) is 0.910. The molecule has 2 aromatic heterocycles. The zero-order valence-corrected chi connectivity index (χ0v) is 16.1. The second kappa shape index (κ2) is 6.99. The first kappa shape index (κ1) is 18.0. The van der Waals surface area contributed by atoms with Gasteiger partial charge in [-0.25, -0.2) is 0 Å². The monoisotopic (exact) mass is 375 g/mol. The van der Waals surface area contributed by atoms with Crippen LogP contribution in [0.1, 0.15) is 57.6 Å². The number of hydrogen-bond acceptors (Lipinski definition) is 5. The first-order chi connectivity index (χ1) is 13.5. The highest BCUT2D eigenvalue weighted by Crippen LogP contribution is 2.32. The number of anilines is 1. The van der Waals surface area contributed by atoms with E-state index in [0.717, 1.165) is 23.5 Å². The van der Waals surface area contributed by atoms with Gasteiger partial charge in [-0.15, -0.1) is 10.2 Å². The Labute approximate surface area is 163 Å². The van der Waals surface area contributed by atoms with E-state index in [-0.39, 0.29) is 17.6 Å². The number of nitrogens with zero attached hydrogens (tertiary/aromatic N) is 5. The Morgan fingerprint density at radius 1 is 1.29 bits per heavy atom. The number of aromatic nitrogens is 4. The van der Waals surface area contributed by atoms with E-state index in [1.165, 1.54) is 13.1 Å². The Hall–Kier alpha value is -3.35. The summed E-state index contributed by atoms with van der Waals surface area (Å²) in [6.07, 6.45) is 3.97. The highest BCUT2D eigenvalue weighted by molar-refractivity contribution is 6.12. The first-order valence-corrected chi connectivity index (χ1v) is 9.19. The Balaban J connectivity index is 1.62. The lowest BCUT2D eigenvalue weighted by Gasteiger charge is -2.19. The molecule has 1 aliphatic heterocycles. The number of carbonyl (C=O) groups excluding carboxylic acids is 2. The highest BCUT2D eigenvalue weighted by atomic mass is 16.2. The molecule has 7 nitrogen and oxygen atoms in total. The lowest BCUT2D eigenvalue weighted by atomic mass is 9.97. The Kier molecular flexibility index (Phi) is 4.50. The van der Waals surface area contributed by atoms with E-state index in [2.05, 4.69) is 28.2 Å². The SMILES string of the molecule is CC(=O)c1nccc2c1CN(c1cccc(C(C)Cc3nncn3C)c1)C2=O. The highest BCUT2D eigenvalue weighted by Gasteiger charge is 2.32. The van der Waals surface area contributed by atoms with Crippen molar-refractivity contribution in [2.75, 3.05) is 4.90 Å². The van der Waals surface area contributed by atoms with Gasteiger partial charge >= 0.3 is 0 Å². The molecule has 1 unspecified atom stereocenters. The second-order valence-corrected chi connectivity index (χ2v) is 7.19. The van der Waals surface area contributed by atoms with Gasteiger partial charge < -0.3 is 9.47 Å². The van der Waals surface area contributed by atoms with Crippen molar-refractivity contribution < 1.29 is 9.59 Å². The summed E-state index contributed by atoms with van der Waals surface area (Å²) in [6, 6.07) is 9.65. The third-order valence-corrected chi connectivity index (χ3v) is 5.23. The predicted octanol–water partition coefficient (Wildman–Crippen LogP) is 2.92. The summed E-state index contributed by atoms with van der Waals surface area (Å²) < 4.78 is 1.91. The molecular weight excluding hydrogens is 354 g/mol. The molecule has 3 heterocycles. The van der Waals surface area contributed by atoms with Crippen LogP contribution in [0.4, 0.5) is 5.69 Å². The molecule has 0 N–H and O–H groups in total. The lowest BCUT2D eigenvalue weighted by Crippen LogP contribution is -2.23. The zero-order valence-electron chi connectivity index (χ0n) is 16.1. The quantitative estimate of drug-likeness (QED) is 0.641. The van der Waals surface area contributed by atoms with Crippen LogP contribution in [0.15, 0.2) is 42.9 Å². The average Bonchev–Trinajstić information content (AvgIpc) is 3.25. The molecule has 0 bridgehead atoms. The molecule has 7 heteroatoms. The van der Waals surface area contributed by atoms with Gasteiger partial charge in [0, 0.05) is 43.4 Å². The van der Waals surface area contributed by atoms with Crippen molar-refractivity contribution in [2.24, 2.45) is 7.05 Å². The number of carbonyl (C=O) groups is 2. The van der Waals surface area contributed by atoms with Gasteiger partial charge in [0.2, 0.25) is 0 Å². The Bertz CT molecular complexity index is 1070. The van der Waals surface area contributed by atoms with E-state index in [1.807, 2.05) is 29.8 Å². The molecule has 1 amide bonds. The molecule has 142 valence electrons. The van der Waals surface area contributed by atoms with Crippen LogP contribution in [0.2, 0.25) is 0 Å². The van der Waals surface area contributed by atoms with Crippen molar-refractivity contribution in [2.45, 2.75) is 32.7 Å². The number of aryl methyl sites for hydroxylation is 1. The van der Waals surface area contributed by atoms with Crippen LogP contribution in [0, 0.1) is 0 Å². The molecule has 0 spiro atoms. The van der Waals surface area contributed by atoms with Crippen LogP contribution >= 0.6 is 0 Å². The topological polar surface area (TPSA) is 81.0 Å².